The molecule has 1 aromatic heterocycles. The van der Waals surface area contributed by atoms with Crippen molar-refractivity contribution in [1.82, 2.24) is 4.98 Å². The summed E-state index contributed by atoms with van der Waals surface area (Å²) >= 11 is 3.18. The highest BCUT2D eigenvalue weighted by molar-refractivity contribution is 9.10. The zero-order valence-electron chi connectivity index (χ0n) is 7.33. The molecule has 1 heterocycles. The van der Waals surface area contributed by atoms with E-state index in [2.05, 4.69) is 27.1 Å². The SMILES string of the molecule is CCOC(=O)C(C)(Br)c1n[c]co1. The highest BCUT2D eigenvalue weighted by atomic mass is 79.9. The number of esters is 1. The predicted molar refractivity (Wildman–Crippen MR) is 48.3 cm³/mol. The molecule has 1 rings (SSSR count). The third-order valence-corrected chi connectivity index (χ3v) is 2.11. The molecule has 0 saturated heterocycles. The molecule has 1 aromatic rings. The van der Waals surface area contributed by atoms with E-state index in [1.54, 1.807) is 13.8 Å². The highest BCUT2D eigenvalue weighted by Crippen LogP contribution is 2.30. The quantitative estimate of drug-likeness (QED) is 0.602. The van der Waals surface area contributed by atoms with Crippen molar-refractivity contribution in [3.05, 3.63) is 18.4 Å². The Morgan fingerprint density at radius 3 is 3.08 bits per heavy atom. The summed E-state index contributed by atoms with van der Waals surface area (Å²) in [7, 11) is 0. The summed E-state index contributed by atoms with van der Waals surface area (Å²) < 4.78 is 8.76. The van der Waals surface area contributed by atoms with E-state index in [1.807, 2.05) is 0 Å². The Balaban J connectivity index is 2.82. The third-order valence-electron chi connectivity index (χ3n) is 1.45. The average Bonchev–Trinajstić information content (AvgIpc) is 2.56. The largest absolute Gasteiger partial charge is 0.465 e. The molecule has 0 amide bonds. The van der Waals surface area contributed by atoms with Crippen LogP contribution in [0.5, 0.6) is 0 Å². The summed E-state index contributed by atoms with van der Waals surface area (Å²) in [6.45, 7) is 3.68. The number of carbonyl (C=O) groups excluding carboxylic acids is 1. The van der Waals surface area contributed by atoms with Crippen LogP contribution in [-0.4, -0.2) is 17.6 Å². The molecule has 0 spiro atoms. The predicted octanol–water partition coefficient (Wildman–Crippen LogP) is 1.65. The standard InChI is InChI=1S/C8H9BrNO3/c1-3-12-7(11)8(2,9)6-10-4-5-13-6/h5H,3H2,1-2H3. The second kappa shape index (κ2) is 3.91. The number of nitrogens with zero attached hydrogens (tertiary/aromatic N) is 1. The Labute approximate surface area is 84.4 Å². The van der Waals surface area contributed by atoms with Crippen molar-refractivity contribution in [2.24, 2.45) is 0 Å². The zero-order valence-corrected chi connectivity index (χ0v) is 8.92. The number of oxazole rings is 1. The van der Waals surface area contributed by atoms with E-state index in [-0.39, 0.29) is 5.89 Å². The number of alkyl halides is 1. The molecule has 0 aliphatic heterocycles. The van der Waals surface area contributed by atoms with Gasteiger partial charge in [-0.2, -0.15) is 0 Å². The van der Waals surface area contributed by atoms with E-state index in [9.17, 15) is 4.79 Å². The van der Waals surface area contributed by atoms with Crippen LogP contribution in [0.1, 0.15) is 19.7 Å². The second-order valence-corrected chi connectivity index (χ2v) is 4.09. The van der Waals surface area contributed by atoms with E-state index in [4.69, 9.17) is 9.15 Å². The molecule has 0 aliphatic rings. The monoisotopic (exact) mass is 246 g/mol. The van der Waals surface area contributed by atoms with E-state index in [1.165, 1.54) is 6.26 Å². The summed E-state index contributed by atoms with van der Waals surface area (Å²) in [4.78, 5) is 15.1. The van der Waals surface area contributed by atoms with Crippen LogP contribution in [0, 0.1) is 6.20 Å². The van der Waals surface area contributed by atoms with Crippen LogP contribution in [0.4, 0.5) is 0 Å². The van der Waals surface area contributed by atoms with Crippen molar-refractivity contribution in [3.63, 3.8) is 0 Å². The van der Waals surface area contributed by atoms with Gasteiger partial charge in [-0.25, -0.2) is 9.78 Å². The van der Waals surface area contributed by atoms with Crippen LogP contribution in [0.3, 0.4) is 0 Å². The first-order chi connectivity index (χ1) is 6.09. The normalized spacial score (nSPS) is 15.0. The molecule has 13 heavy (non-hydrogen) atoms. The number of carbonyl (C=O) groups is 1. The van der Waals surface area contributed by atoms with Gasteiger partial charge in [-0.1, -0.05) is 15.9 Å². The first-order valence-corrected chi connectivity index (χ1v) is 4.56. The summed E-state index contributed by atoms with van der Waals surface area (Å²) in [5.41, 5.74) is 0. The molecule has 1 unspecified atom stereocenters. The van der Waals surface area contributed by atoms with E-state index in [0.29, 0.717) is 6.61 Å². The fourth-order valence-electron chi connectivity index (χ4n) is 0.763. The van der Waals surface area contributed by atoms with Crippen molar-refractivity contribution in [2.45, 2.75) is 18.2 Å². The van der Waals surface area contributed by atoms with Crippen LogP contribution in [0.15, 0.2) is 10.7 Å². The molecule has 0 N–H and O–H groups in total. The van der Waals surface area contributed by atoms with Gasteiger partial charge in [0.05, 0.1) is 6.61 Å². The summed E-state index contributed by atoms with van der Waals surface area (Å²) in [6, 6.07) is 0. The molecule has 4 nitrogen and oxygen atoms in total. The Bertz CT molecular complexity index is 282. The van der Waals surface area contributed by atoms with Gasteiger partial charge in [-0.3, -0.25) is 0 Å². The van der Waals surface area contributed by atoms with Crippen LogP contribution >= 0.6 is 15.9 Å². The molecular formula is C8H9BrNO3. The average molecular weight is 247 g/mol. The van der Waals surface area contributed by atoms with E-state index < -0.39 is 10.3 Å². The van der Waals surface area contributed by atoms with Gasteiger partial charge in [0.2, 0.25) is 5.89 Å². The number of ether oxygens (including phenoxy) is 1. The van der Waals surface area contributed by atoms with Gasteiger partial charge in [0.25, 0.3) is 0 Å². The van der Waals surface area contributed by atoms with Gasteiger partial charge in [0.15, 0.2) is 4.32 Å². The molecule has 0 aromatic carbocycles. The number of hydrogen-bond donors (Lipinski definition) is 0. The number of rotatable bonds is 3. The van der Waals surface area contributed by atoms with Crippen molar-refractivity contribution >= 4 is 21.9 Å². The van der Waals surface area contributed by atoms with Crippen LogP contribution in [0.25, 0.3) is 0 Å². The number of aromatic nitrogens is 1. The van der Waals surface area contributed by atoms with Gasteiger partial charge in [0.1, 0.15) is 12.5 Å². The number of halogens is 1. The van der Waals surface area contributed by atoms with E-state index in [0.717, 1.165) is 0 Å². The molecule has 5 heteroatoms. The molecule has 71 valence electrons. The summed E-state index contributed by atoms with van der Waals surface area (Å²) in [5.74, 6) is -0.184. The fraction of sp³-hybridized carbons (Fsp3) is 0.500. The lowest BCUT2D eigenvalue weighted by molar-refractivity contribution is -0.146. The zero-order chi connectivity index (χ0) is 9.90. The van der Waals surface area contributed by atoms with Gasteiger partial charge in [-0.05, 0) is 13.8 Å². The smallest absolute Gasteiger partial charge is 0.332 e. The van der Waals surface area contributed by atoms with Gasteiger partial charge in [-0.15, -0.1) is 0 Å². The van der Waals surface area contributed by atoms with Crippen LogP contribution < -0.4 is 0 Å². The molecular weight excluding hydrogens is 238 g/mol. The first-order valence-electron chi connectivity index (χ1n) is 3.77. The molecule has 1 radical (unpaired) electrons. The highest BCUT2D eigenvalue weighted by Gasteiger charge is 2.38. The van der Waals surface area contributed by atoms with Crippen LogP contribution in [-0.2, 0) is 13.9 Å². The molecule has 0 aliphatic carbocycles. The maximum absolute atomic E-state index is 11.4. The lowest BCUT2D eigenvalue weighted by Crippen LogP contribution is -2.28. The lowest BCUT2D eigenvalue weighted by Gasteiger charge is -2.15. The minimum absolute atomic E-state index is 0.242. The minimum atomic E-state index is -1.02. The Kier molecular flexibility index (Phi) is 3.08. The molecule has 0 bridgehead atoms. The van der Waals surface area contributed by atoms with Gasteiger partial charge < -0.3 is 9.15 Å². The van der Waals surface area contributed by atoms with Gasteiger partial charge in [0, 0.05) is 0 Å². The first kappa shape index (κ1) is 10.2. The minimum Gasteiger partial charge on any atom is -0.465 e. The maximum Gasteiger partial charge on any atom is 0.332 e. The molecule has 0 fully saturated rings. The van der Waals surface area contributed by atoms with Crippen molar-refractivity contribution in [1.29, 1.82) is 0 Å². The van der Waals surface area contributed by atoms with E-state index >= 15 is 0 Å². The Morgan fingerprint density at radius 2 is 2.62 bits per heavy atom. The van der Waals surface area contributed by atoms with Crippen LogP contribution in [0.2, 0.25) is 0 Å². The molecule has 0 saturated carbocycles. The van der Waals surface area contributed by atoms with Crippen molar-refractivity contribution in [3.8, 4) is 0 Å². The topological polar surface area (TPSA) is 52.3 Å². The van der Waals surface area contributed by atoms with Crippen molar-refractivity contribution in [2.75, 3.05) is 6.61 Å². The second-order valence-electron chi connectivity index (χ2n) is 2.51. The number of hydrogen-bond acceptors (Lipinski definition) is 4. The Morgan fingerprint density at radius 1 is 1.92 bits per heavy atom. The molecule has 1 atom stereocenters. The maximum atomic E-state index is 11.4. The lowest BCUT2D eigenvalue weighted by atomic mass is 10.2. The fourth-order valence-corrected chi connectivity index (χ4v) is 1.06. The summed E-state index contributed by atoms with van der Waals surface area (Å²) in [5, 5.41) is 0. The Hall–Kier alpha value is -0.840. The third kappa shape index (κ3) is 2.09. The summed E-state index contributed by atoms with van der Waals surface area (Å²) in [6.07, 6.45) is 3.76. The van der Waals surface area contributed by atoms with Gasteiger partial charge >= 0.3 is 5.97 Å². The van der Waals surface area contributed by atoms with Crippen molar-refractivity contribution < 1.29 is 13.9 Å².